The molecule has 6 rings (SSSR count). The predicted molar refractivity (Wildman–Crippen MR) is 179 cm³/mol. The number of esters is 1. The summed E-state index contributed by atoms with van der Waals surface area (Å²) in [5.74, 6) is 0.945. The number of nitrogens with zero attached hydrogens (tertiary/aromatic N) is 2. The van der Waals surface area contributed by atoms with Crippen LogP contribution in [0.2, 0.25) is 5.02 Å². The number of fused-ring (bicyclic) bond motifs is 1. The van der Waals surface area contributed by atoms with Gasteiger partial charge in [-0.2, -0.15) is 0 Å². The number of carbonyl (C=O) groups is 2. The fraction of sp³-hybridized carbons (Fsp3) is 0.324. The number of hydrogen-bond donors (Lipinski definition) is 1. The van der Waals surface area contributed by atoms with Gasteiger partial charge in [-0.15, -0.1) is 0 Å². The Labute approximate surface area is 284 Å². The number of rotatable bonds is 11. The Hall–Kier alpha value is -4.80. The molecular weight excluding hydrogens is 636 g/mol. The number of methoxy groups -OCH3 is 1. The summed E-state index contributed by atoms with van der Waals surface area (Å²) in [5.41, 5.74) is 5.14. The summed E-state index contributed by atoms with van der Waals surface area (Å²) in [6.45, 7) is 4.33. The highest BCUT2D eigenvalue weighted by atomic mass is 35.5. The van der Waals surface area contributed by atoms with Crippen molar-refractivity contribution in [2.45, 2.75) is 52.0 Å². The average molecular weight is 673 g/mol. The molecule has 0 aliphatic carbocycles. The van der Waals surface area contributed by atoms with E-state index in [9.17, 15) is 14.7 Å². The lowest BCUT2D eigenvalue weighted by Crippen LogP contribution is -2.44. The van der Waals surface area contributed by atoms with Crippen LogP contribution in [0.3, 0.4) is 0 Å². The first-order valence-corrected chi connectivity index (χ1v) is 16.3. The Morgan fingerprint density at radius 1 is 0.958 bits per heavy atom. The first kappa shape index (κ1) is 33.1. The van der Waals surface area contributed by atoms with Crippen LogP contribution in [-0.2, 0) is 29.3 Å². The molecule has 2 aliphatic rings. The van der Waals surface area contributed by atoms with Crippen LogP contribution in [0.1, 0.15) is 52.0 Å². The lowest BCUT2D eigenvalue weighted by molar-refractivity contribution is -0.148. The highest BCUT2D eigenvalue weighted by Crippen LogP contribution is 2.38. The second-order valence-electron chi connectivity index (χ2n) is 11.7. The topological polar surface area (TPSA) is 117 Å². The monoisotopic (exact) mass is 672 g/mol. The standard InChI is InChI=1S/C37H37ClN2O8/c1-23-25(7-5-8-27(23)24-11-12-32-35(18-24)46-16-15-45-32)21-47-34-19-33(48-22-30-28(36(41)42)9-6-13-39-30)26(17-29(34)38)20-40-14-4-3-10-31(40)37(43)44-2/h5-9,11-13,17-19,31H,3-4,10,14-16,20-22H2,1-2H3,(H,41,42). The maximum absolute atomic E-state index is 12.6. The minimum atomic E-state index is -1.09. The summed E-state index contributed by atoms with van der Waals surface area (Å²) < 4.78 is 29.1. The molecule has 0 amide bonds. The summed E-state index contributed by atoms with van der Waals surface area (Å²) in [4.78, 5) is 30.7. The van der Waals surface area contributed by atoms with Crippen molar-refractivity contribution in [1.29, 1.82) is 0 Å². The van der Waals surface area contributed by atoms with Crippen LogP contribution in [0, 0.1) is 6.92 Å². The summed E-state index contributed by atoms with van der Waals surface area (Å²) in [6.07, 6.45) is 4.09. The van der Waals surface area contributed by atoms with Crippen molar-refractivity contribution in [3.63, 3.8) is 0 Å². The average Bonchev–Trinajstić information content (AvgIpc) is 3.11. The highest BCUT2D eigenvalue weighted by Gasteiger charge is 2.30. The zero-order chi connectivity index (χ0) is 33.6. The minimum Gasteiger partial charge on any atom is -0.487 e. The van der Waals surface area contributed by atoms with Crippen molar-refractivity contribution in [2.24, 2.45) is 0 Å². The van der Waals surface area contributed by atoms with Gasteiger partial charge in [0.05, 0.1) is 23.4 Å². The second kappa shape index (κ2) is 15.0. The van der Waals surface area contributed by atoms with E-state index in [1.807, 2.05) is 37.3 Å². The molecule has 1 unspecified atom stereocenters. The molecule has 1 saturated heterocycles. The fourth-order valence-corrected chi connectivity index (χ4v) is 6.40. The molecule has 0 bridgehead atoms. The van der Waals surface area contributed by atoms with Crippen LogP contribution in [0.5, 0.6) is 23.0 Å². The van der Waals surface area contributed by atoms with Gasteiger partial charge in [0.1, 0.15) is 44.0 Å². The molecule has 0 spiro atoms. The van der Waals surface area contributed by atoms with Gasteiger partial charge in [0.25, 0.3) is 0 Å². The van der Waals surface area contributed by atoms with E-state index in [1.54, 1.807) is 18.2 Å². The normalized spacial score (nSPS) is 15.9. The molecule has 0 saturated carbocycles. The quantitative estimate of drug-likeness (QED) is 0.169. The molecule has 1 aromatic heterocycles. The number of piperidine rings is 1. The number of aromatic nitrogens is 1. The van der Waals surface area contributed by atoms with Gasteiger partial charge in [0.15, 0.2) is 11.5 Å². The van der Waals surface area contributed by atoms with E-state index in [1.165, 1.54) is 19.4 Å². The lowest BCUT2D eigenvalue weighted by atomic mass is 9.96. The highest BCUT2D eigenvalue weighted by molar-refractivity contribution is 6.32. The third kappa shape index (κ3) is 7.35. The third-order valence-electron chi connectivity index (χ3n) is 8.74. The summed E-state index contributed by atoms with van der Waals surface area (Å²) in [5, 5.41) is 10.1. The molecule has 1 N–H and O–H groups in total. The van der Waals surface area contributed by atoms with Gasteiger partial charge < -0.3 is 28.8 Å². The van der Waals surface area contributed by atoms with Crippen LogP contribution >= 0.6 is 11.6 Å². The van der Waals surface area contributed by atoms with Gasteiger partial charge >= 0.3 is 11.9 Å². The maximum atomic E-state index is 12.6. The van der Waals surface area contributed by atoms with E-state index in [-0.39, 0.29) is 36.5 Å². The van der Waals surface area contributed by atoms with E-state index in [0.29, 0.717) is 49.2 Å². The van der Waals surface area contributed by atoms with Crippen LogP contribution in [0.15, 0.2) is 66.9 Å². The first-order valence-electron chi connectivity index (χ1n) is 15.9. The molecule has 3 heterocycles. The van der Waals surface area contributed by atoms with Gasteiger partial charge in [0, 0.05) is 24.4 Å². The van der Waals surface area contributed by atoms with Crippen molar-refractivity contribution in [3.05, 3.63) is 99.8 Å². The number of carboxylic acids is 1. The molecule has 2 aliphatic heterocycles. The van der Waals surface area contributed by atoms with Crippen molar-refractivity contribution in [3.8, 4) is 34.1 Å². The van der Waals surface area contributed by atoms with E-state index in [4.69, 9.17) is 35.3 Å². The number of aromatic carboxylic acids is 1. The molecule has 48 heavy (non-hydrogen) atoms. The first-order chi connectivity index (χ1) is 23.3. The zero-order valence-electron chi connectivity index (χ0n) is 26.9. The van der Waals surface area contributed by atoms with E-state index >= 15 is 0 Å². The Bertz CT molecular complexity index is 1810. The Morgan fingerprint density at radius 2 is 1.77 bits per heavy atom. The maximum Gasteiger partial charge on any atom is 0.337 e. The van der Waals surface area contributed by atoms with Gasteiger partial charge in [0.2, 0.25) is 0 Å². The number of pyridine rings is 1. The molecule has 10 nitrogen and oxygen atoms in total. The Morgan fingerprint density at radius 3 is 2.58 bits per heavy atom. The number of hydrogen-bond acceptors (Lipinski definition) is 9. The minimum absolute atomic E-state index is 0.0552. The second-order valence-corrected chi connectivity index (χ2v) is 12.1. The molecule has 1 atom stereocenters. The van der Waals surface area contributed by atoms with Gasteiger partial charge in [-0.25, -0.2) is 4.79 Å². The number of carboxylic acid groups (broad SMARTS) is 1. The summed E-state index contributed by atoms with van der Waals surface area (Å²) in [7, 11) is 1.40. The lowest BCUT2D eigenvalue weighted by Gasteiger charge is -2.34. The molecule has 4 aromatic rings. The van der Waals surface area contributed by atoms with Crippen molar-refractivity contribution >= 4 is 23.5 Å². The summed E-state index contributed by atoms with van der Waals surface area (Å²) in [6, 6.07) is 18.2. The number of carbonyl (C=O) groups excluding carboxylic acids is 1. The van der Waals surface area contributed by atoms with E-state index in [2.05, 4.69) is 16.0 Å². The molecule has 0 radical (unpaired) electrons. The van der Waals surface area contributed by atoms with E-state index < -0.39 is 5.97 Å². The summed E-state index contributed by atoms with van der Waals surface area (Å²) >= 11 is 6.82. The van der Waals surface area contributed by atoms with Crippen LogP contribution < -0.4 is 18.9 Å². The smallest absolute Gasteiger partial charge is 0.337 e. The SMILES string of the molecule is COC(=O)C1CCCCN1Cc1cc(Cl)c(OCc2cccc(-c3ccc4c(c3)OCCO4)c2C)cc1OCc1ncccc1C(=O)O. The van der Waals surface area contributed by atoms with Gasteiger partial charge in [-0.3, -0.25) is 14.7 Å². The Kier molecular flexibility index (Phi) is 10.3. The Balaban J connectivity index is 1.27. The van der Waals surface area contributed by atoms with Crippen molar-refractivity contribution in [1.82, 2.24) is 9.88 Å². The molecule has 11 heteroatoms. The number of likely N-dealkylation sites (tertiary alicyclic amines) is 1. The van der Waals surface area contributed by atoms with Crippen LogP contribution in [0.25, 0.3) is 11.1 Å². The van der Waals surface area contributed by atoms with Crippen molar-refractivity contribution < 1.29 is 38.4 Å². The fourth-order valence-electron chi connectivity index (χ4n) is 6.16. The van der Waals surface area contributed by atoms with Crippen LogP contribution in [0.4, 0.5) is 0 Å². The van der Waals surface area contributed by atoms with E-state index in [0.717, 1.165) is 52.2 Å². The zero-order valence-corrected chi connectivity index (χ0v) is 27.6. The molecular formula is C37H37ClN2O8. The van der Waals surface area contributed by atoms with Gasteiger partial charge in [-0.1, -0.05) is 42.3 Å². The predicted octanol–water partition coefficient (Wildman–Crippen LogP) is 6.87. The number of benzene rings is 3. The molecule has 250 valence electrons. The van der Waals surface area contributed by atoms with Gasteiger partial charge in [-0.05, 0) is 78.9 Å². The van der Waals surface area contributed by atoms with Crippen LogP contribution in [-0.4, -0.2) is 59.8 Å². The number of halogens is 1. The largest absolute Gasteiger partial charge is 0.487 e. The van der Waals surface area contributed by atoms with Crippen molar-refractivity contribution in [2.75, 3.05) is 26.9 Å². The molecule has 3 aromatic carbocycles. The molecule has 1 fully saturated rings. The number of ether oxygens (including phenoxy) is 5. The third-order valence-corrected chi connectivity index (χ3v) is 9.04.